The molecule has 0 amide bonds. The number of benzene rings is 1. The number of alkyl halides is 3. The molecular formula is C14H9Cl2F3N4O. The van der Waals surface area contributed by atoms with E-state index in [0.29, 0.717) is 15.9 Å². The molecule has 2 aromatic heterocycles. The van der Waals surface area contributed by atoms with Gasteiger partial charge in [0.2, 0.25) is 0 Å². The highest BCUT2D eigenvalue weighted by Gasteiger charge is 2.28. The Kier molecular flexibility index (Phi) is 4.51. The minimum atomic E-state index is -4.31. The van der Waals surface area contributed by atoms with Crippen LogP contribution in [0.2, 0.25) is 10.2 Å². The van der Waals surface area contributed by atoms with Gasteiger partial charge in [-0.1, -0.05) is 29.3 Å². The molecule has 0 bridgehead atoms. The molecule has 126 valence electrons. The van der Waals surface area contributed by atoms with Crippen LogP contribution in [0, 0.1) is 0 Å². The first-order valence-electron chi connectivity index (χ1n) is 6.71. The number of nitrogens with zero attached hydrogens (tertiary/aromatic N) is 4. The predicted octanol–water partition coefficient (Wildman–Crippen LogP) is 4.88. The Bertz CT molecular complexity index is 865. The highest BCUT2D eigenvalue weighted by atomic mass is 35.5. The van der Waals surface area contributed by atoms with E-state index < -0.39 is 12.6 Å². The third-order valence-electron chi connectivity index (χ3n) is 3.09. The molecule has 0 atom stereocenters. The first-order valence-corrected chi connectivity index (χ1v) is 7.46. The van der Waals surface area contributed by atoms with E-state index in [9.17, 15) is 13.2 Å². The molecule has 10 heteroatoms. The van der Waals surface area contributed by atoms with Crippen LogP contribution in [0.15, 0.2) is 30.6 Å². The van der Waals surface area contributed by atoms with Gasteiger partial charge in [-0.05, 0) is 12.1 Å². The van der Waals surface area contributed by atoms with Gasteiger partial charge in [0, 0.05) is 5.39 Å². The van der Waals surface area contributed by atoms with E-state index in [4.69, 9.17) is 27.9 Å². The molecule has 0 fully saturated rings. The van der Waals surface area contributed by atoms with Gasteiger partial charge in [-0.15, -0.1) is 0 Å². The van der Waals surface area contributed by atoms with Crippen LogP contribution < -0.4 is 4.74 Å². The van der Waals surface area contributed by atoms with E-state index in [0.717, 1.165) is 4.68 Å². The Labute approximate surface area is 144 Å². The Morgan fingerprint density at radius 2 is 1.83 bits per heavy atom. The molecule has 24 heavy (non-hydrogen) atoms. The van der Waals surface area contributed by atoms with Gasteiger partial charge in [-0.3, -0.25) is 4.68 Å². The van der Waals surface area contributed by atoms with Crippen LogP contribution in [-0.2, 0) is 6.54 Å². The molecule has 0 aliphatic rings. The fraction of sp³-hybridized carbons (Fsp3) is 0.214. The maximum Gasteiger partial charge on any atom is 0.390 e. The quantitative estimate of drug-likeness (QED) is 0.651. The molecule has 5 nitrogen and oxygen atoms in total. The number of para-hydroxylation sites is 1. The first kappa shape index (κ1) is 16.8. The van der Waals surface area contributed by atoms with Crippen molar-refractivity contribution in [3.8, 4) is 11.8 Å². The largest absolute Gasteiger partial charge is 0.422 e. The standard InChI is InChI=1S/C14H9Cl2F3N4O/c15-8-6-20-13(21-7-8)24-10-3-1-2-9-11(10)23(22-12(9)16)5-4-14(17,18)19/h1-3,6-7H,4-5H2. The molecule has 0 unspecified atom stereocenters. The van der Waals surface area contributed by atoms with E-state index in [2.05, 4.69) is 15.1 Å². The van der Waals surface area contributed by atoms with Crippen LogP contribution in [0.25, 0.3) is 10.9 Å². The molecule has 3 aromatic rings. The Morgan fingerprint density at radius 3 is 2.50 bits per heavy atom. The zero-order chi connectivity index (χ0) is 17.3. The van der Waals surface area contributed by atoms with Crippen molar-refractivity contribution in [3.05, 3.63) is 40.8 Å². The summed E-state index contributed by atoms with van der Waals surface area (Å²) in [4.78, 5) is 7.79. The number of aromatic nitrogens is 4. The second-order valence-corrected chi connectivity index (χ2v) is 5.61. The summed E-state index contributed by atoms with van der Waals surface area (Å²) < 4.78 is 44.2. The predicted molar refractivity (Wildman–Crippen MR) is 82.5 cm³/mol. The van der Waals surface area contributed by atoms with E-state index in [1.807, 2.05) is 0 Å². The van der Waals surface area contributed by atoms with Crippen molar-refractivity contribution in [1.29, 1.82) is 0 Å². The van der Waals surface area contributed by atoms with Gasteiger partial charge in [0.1, 0.15) is 5.52 Å². The average Bonchev–Trinajstić information content (AvgIpc) is 2.85. The number of halogens is 5. The highest BCUT2D eigenvalue weighted by molar-refractivity contribution is 6.34. The topological polar surface area (TPSA) is 52.8 Å². The van der Waals surface area contributed by atoms with Gasteiger partial charge in [0.05, 0.1) is 30.4 Å². The van der Waals surface area contributed by atoms with E-state index in [1.54, 1.807) is 18.2 Å². The van der Waals surface area contributed by atoms with Gasteiger partial charge in [0.25, 0.3) is 0 Å². The highest BCUT2D eigenvalue weighted by Crippen LogP contribution is 2.33. The molecule has 3 rings (SSSR count). The molecule has 1 aromatic carbocycles. The second kappa shape index (κ2) is 6.45. The fourth-order valence-electron chi connectivity index (χ4n) is 2.09. The minimum absolute atomic E-state index is 0.00611. The number of hydrogen-bond acceptors (Lipinski definition) is 4. The molecule has 0 aliphatic carbocycles. The van der Waals surface area contributed by atoms with Crippen LogP contribution in [0.3, 0.4) is 0 Å². The number of hydrogen-bond donors (Lipinski definition) is 0. The van der Waals surface area contributed by atoms with Crippen molar-refractivity contribution in [2.45, 2.75) is 19.1 Å². The molecule has 0 N–H and O–H groups in total. The van der Waals surface area contributed by atoms with E-state index in [-0.39, 0.29) is 23.5 Å². The molecular weight excluding hydrogens is 368 g/mol. The van der Waals surface area contributed by atoms with Crippen LogP contribution in [0.1, 0.15) is 6.42 Å². The molecule has 0 radical (unpaired) electrons. The molecule has 0 aliphatic heterocycles. The monoisotopic (exact) mass is 376 g/mol. The molecule has 0 saturated heterocycles. The number of fused-ring (bicyclic) bond motifs is 1. The Hall–Kier alpha value is -2.06. The Morgan fingerprint density at radius 1 is 1.12 bits per heavy atom. The summed E-state index contributed by atoms with van der Waals surface area (Å²) in [6, 6.07) is 4.87. The number of aryl methyl sites for hydroxylation is 1. The summed E-state index contributed by atoms with van der Waals surface area (Å²) in [5.74, 6) is 0.247. The van der Waals surface area contributed by atoms with E-state index in [1.165, 1.54) is 12.4 Å². The van der Waals surface area contributed by atoms with Crippen molar-refractivity contribution < 1.29 is 17.9 Å². The second-order valence-electron chi connectivity index (χ2n) is 4.82. The van der Waals surface area contributed by atoms with Gasteiger partial charge < -0.3 is 4.74 Å². The smallest absolute Gasteiger partial charge is 0.390 e. The molecule has 0 spiro atoms. The van der Waals surface area contributed by atoms with Crippen molar-refractivity contribution in [2.75, 3.05) is 0 Å². The maximum absolute atomic E-state index is 12.5. The van der Waals surface area contributed by atoms with Gasteiger partial charge in [-0.25, -0.2) is 9.97 Å². The molecule has 0 saturated carbocycles. The summed E-state index contributed by atoms with van der Waals surface area (Å²) in [5, 5.41) is 4.85. The zero-order valence-corrected chi connectivity index (χ0v) is 13.4. The van der Waals surface area contributed by atoms with Crippen molar-refractivity contribution >= 4 is 34.1 Å². The zero-order valence-electron chi connectivity index (χ0n) is 11.9. The third kappa shape index (κ3) is 3.70. The van der Waals surface area contributed by atoms with Crippen LogP contribution in [-0.4, -0.2) is 25.9 Å². The first-order chi connectivity index (χ1) is 11.3. The fourth-order valence-corrected chi connectivity index (χ4v) is 2.43. The SMILES string of the molecule is FC(F)(F)CCn1nc(Cl)c2cccc(Oc3ncc(Cl)cn3)c21. The maximum atomic E-state index is 12.5. The van der Waals surface area contributed by atoms with Crippen molar-refractivity contribution in [3.63, 3.8) is 0 Å². The average molecular weight is 377 g/mol. The van der Waals surface area contributed by atoms with Gasteiger partial charge in [0.15, 0.2) is 10.9 Å². The normalized spacial score (nSPS) is 11.9. The van der Waals surface area contributed by atoms with Crippen LogP contribution >= 0.6 is 23.2 Å². The van der Waals surface area contributed by atoms with Gasteiger partial charge in [-0.2, -0.15) is 18.3 Å². The van der Waals surface area contributed by atoms with Gasteiger partial charge >= 0.3 is 12.2 Å². The summed E-state index contributed by atoms with van der Waals surface area (Å²) >= 11 is 11.7. The summed E-state index contributed by atoms with van der Waals surface area (Å²) in [6.45, 7) is -0.380. The lowest BCUT2D eigenvalue weighted by Gasteiger charge is -2.10. The van der Waals surface area contributed by atoms with Crippen LogP contribution in [0.4, 0.5) is 13.2 Å². The summed E-state index contributed by atoms with van der Waals surface area (Å²) in [6.07, 6.45) is -2.65. The van der Waals surface area contributed by atoms with E-state index >= 15 is 0 Å². The summed E-state index contributed by atoms with van der Waals surface area (Å²) in [5.41, 5.74) is 0.338. The third-order valence-corrected chi connectivity index (χ3v) is 3.57. The minimum Gasteiger partial charge on any atom is -0.422 e. The van der Waals surface area contributed by atoms with Crippen molar-refractivity contribution in [2.24, 2.45) is 0 Å². The summed E-state index contributed by atoms with van der Waals surface area (Å²) in [7, 11) is 0. The number of rotatable bonds is 4. The lowest BCUT2D eigenvalue weighted by atomic mass is 10.2. The van der Waals surface area contributed by atoms with Crippen molar-refractivity contribution in [1.82, 2.24) is 19.7 Å². The number of ether oxygens (including phenoxy) is 1. The lowest BCUT2D eigenvalue weighted by Crippen LogP contribution is -2.13. The lowest BCUT2D eigenvalue weighted by molar-refractivity contribution is -0.137. The molecule has 2 heterocycles. The van der Waals surface area contributed by atoms with Crippen LogP contribution in [0.5, 0.6) is 11.8 Å². The Balaban J connectivity index is 1.99.